The molecule has 4 aromatic rings. The third-order valence-corrected chi connectivity index (χ3v) is 5.85. The minimum atomic E-state index is -4.39. The molecule has 1 atom stereocenters. The van der Waals surface area contributed by atoms with Crippen molar-refractivity contribution in [2.45, 2.75) is 16.0 Å². The van der Waals surface area contributed by atoms with E-state index in [0.717, 1.165) is 12.1 Å². The SMILES string of the molecule is O=S(c1ccccc1)c1cc(Cl)nc(Nc2cc(-c3ccc(C(F)(F)F)cc3)[nH]n2)c1. The number of rotatable bonds is 5. The van der Waals surface area contributed by atoms with Crippen LogP contribution in [0, 0.1) is 0 Å². The molecular weight excluding hydrogens is 449 g/mol. The van der Waals surface area contributed by atoms with E-state index in [2.05, 4.69) is 20.5 Å². The van der Waals surface area contributed by atoms with E-state index in [9.17, 15) is 17.4 Å². The monoisotopic (exact) mass is 462 g/mol. The predicted molar refractivity (Wildman–Crippen MR) is 113 cm³/mol. The van der Waals surface area contributed by atoms with Crippen molar-refractivity contribution in [1.29, 1.82) is 0 Å². The maximum Gasteiger partial charge on any atom is 0.416 e. The van der Waals surface area contributed by atoms with Crippen LogP contribution in [0.5, 0.6) is 0 Å². The first kappa shape index (κ1) is 21.1. The Balaban J connectivity index is 1.55. The van der Waals surface area contributed by atoms with Crippen molar-refractivity contribution in [2.24, 2.45) is 0 Å². The Morgan fingerprint density at radius 2 is 1.61 bits per heavy atom. The summed E-state index contributed by atoms with van der Waals surface area (Å²) in [4.78, 5) is 5.26. The lowest BCUT2D eigenvalue weighted by molar-refractivity contribution is -0.137. The number of aromatic amines is 1. The van der Waals surface area contributed by atoms with Crippen LogP contribution in [0.1, 0.15) is 5.56 Å². The summed E-state index contributed by atoms with van der Waals surface area (Å²) in [6, 6.07) is 18.4. The van der Waals surface area contributed by atoms with Crippen LogP contribution in [-0.4, -0.2) is 19.4 Å². The van der Waals surface area contributed by atoms with Gasteiger partial charge in [-0.05, 0) is 42.0 Å². The number of anilines is 2. The first-order chi connectivity index (χ1) is 14.8. The molecule has 0 spiro atoms. The van der Waals surface area contributed by atoms with Gasteiger partial charge in [0.2, 0.25) is 0 Å². The van der Waals surface area contributed by atoms with Gasteiger partial charge >= 0.3 is 6.18 Å². The van der Waals surface area contributed by atoms with Crippen LogP contribution < -0.4 is 5.32 Å². The Labute approximate surface area is 182 Å². The van der Waals surface area contributed by atoms with Gasteiger partial charge < -0.3 is 5.32 Å². The zero-order valence-corrected chi connectivity index (χ0v) is 17.2. The number of benzene rings is 2. The molecule has 0 saturated carbocycles. The highest BCUT2D eigenvalue weighted by atomic mass is 35.5. The number of hydrogen-bond donors (Lipinski definition) is 2. The number of halogens is 4. The molecule has 2 heterocycles. The molecule has 0 aliphatic heterocycles. The fourth-order valence-corrected chi connectivity index (χ4v) is 4.22. The summed E-state index contributed by atoms with van der Waals surface area (Å²) in [5.74, 6) is 0.707. The number of nitrogens with zero attached hydrogens (tertiary/aromatic N) is 2. The summed E-state index contributed by atoms with van der Waals surface area (Å²) < 4.78 is 51.0. The molecule has 158 valence electrons. The fraction of sp³-hybridized carbons (Fsp3) is 0.0476. The third-order valence-electron chi connectivity index (χ3n) is 4.30. The van der Waals surface area contributed by atoms with Gasteiger partial charge in [-0.3, -0.25) is 5.10 Å². The van der Waals surface area contributed by atoms with E-state index in [4.69, 9.17) is 11.6 Å². The minimum absolute atomic E-state index is 0.155. The molecule has 2 aromatic heterocycles. The number of nitrogens with one attached hydrogen (secondary N) is 2. The lowest BCUT2D eigenvalue weighted by atomic mass is 10.1. The van der Waals surface area contributed by atoms with Gasteiger partial charge in [0.1, 0.15) is 11.0 Å². The molecule has 10 heteroatoms. The Kier molecular flexibility index (Phi) is 5.79. The van der Waals surface area contributed by atoms with Crippen LogP contribution in [0.25, 0.3) is 11.3 Å². The van der Waals surface area contributed by atoms with Crippen molar-refractivity contribution in [2.75, 3.05) is 5.32 Å². The van der Waals surface area contributed by atoms with Gasteiger partial charge in [-0.1, -0.05) is 41.9 Å². The van der Waals surface area contributed by atoms with Gasteiger partial charge in [-0.15, -0.1) is 0 Å². The van der Waals surface area contributed by atoms with E-state index in [0.29, 0.717) is 32.7 Å². The summed E-state index contributed by atoms with van der Waals surface area (Å²) in [6.07, 6.45) is -4.39. The summed E-state index contributed by atoms with van der Waals surface area (Å²) in [5, 5.41) is 9.99. The first-order valence-corrected chi connectivity index (χ1v) is 10.5. The average molecular weight is 463 g/mol. The molecule has 0 saturated heterocycles. The number of pyridine rings is 1. The quantitative estimate of drug-likeness (QED) is 0.354. The van der Waals surface area contributed by atoms with Gasteiger partial charge in [0.15, 0.2) is 5.82 Å². The second kappa shape index (κ2) is 8.52. The highest BCUT2D eigenvalue weighted by Crippen LogP contribution is 2.31. The second-order valence-electron chi connectivity index (χ2n) is 6.46. The Morgan fingerprint density at radius 3 is 2.29 bits per heavy atom. The number of aromatic nitrogens is 3. The van der Waals surface area contributed by atoms with Crippen molar-refractivity contribution < 1.29 is 17.4 Å². The van der Waals surface area contributed by atoms with E-state index in [1.165, 1.54) is 18.2 Å². The predicted octanol–water partition coefficient (Wildman–Crippen LogP) is 6.05. The van der Waals surface area contributed by atoms with Crippen LogP contribution >= 0.6 is 11.6 Å². The largest absolute Gasteiger partial charge is 0.416 e. The van der Waals surface area contributed by atoms with Crippen molar-refractivity contribution in [3.05, 3.63) is 83.5 Å². The van der Waals surface area contributed by atoms with Gasteiger partial charge in [-0.25, -0.2) is 9.19 Å². The Bertz CT molecular complexity index is 1230. The smallest absolute Gasteiger partial charge is 0.323 e. The highest BCUT2D eigenvalue weighted by molar-refractivity contribution is 7.85. The number of H-pyrrole nitrogens is 1. The van der Waals surface area contributed by atoms with Crippen LogP contribution in [0.2, 0.25) is 5.15 Å². The molecule has 0 bridgehead atoms. The maximum atomic E-state index is 12.8. The van der Waals surface area contributed by atoms with E-state index < -0.39 is 22.5 Å². The van der Waals surface area contributed by atoms with E-state index in [-0.39, 0.29) is 5.15 Å². The standard InChI is InChI=1S/C21H14ClF3N4OS/c22-18-10-16(31(30)15-4-2-1-3-5-15)11-19(26-18)27-20-12-17(28-29-20)13-6-8-14(9-7-13)21(23,24)25/h1-12H,(H2,26,27,28,29). The molecule has 0 amide bonds. The second-order valence-corrected chi connectivity index (χ2v) is 8.33. The zero-order chi connectivity index (χ0) is 22.0. The van der Waals surface area contributed by atoms with Gasteiger partial charge in [0.05, 0.1) is 27.0 Å². The Hall–Kier alpha value is -3.17. The molecule has 1 unspecified atom stereocenters. The van der Waals surface area contributed by atoms with Crippen molar-refractivity contribution in [3.63, 3.8) is 0 Å². The van der Waals surface area contributed by atoms with E-state index in [1.807, 2.05) is 6.07 Å². The molecule has 2 N–H and O–H groups in total. The van der Waals surface area contributed by atoms with Gasteiger partial charge in [0, 0.05) is 11.0 Å². The molecule has 4 rings (SSSR count). The van der Waals surface area contributed by atoms with Crippen LogP contribution in [0.15, 0.2) is 82.6 Å². The molecule has 31 heavy (non-hydrogen) atoms. The minimum Gasteiger partial charge on any atom is -0.323 e. The molecule has 5 nitrogen and oxygen atoms in total. The summed E-state index contributed by atoms with van der Waals surface area (Å²) in [7, 11) is -1.44. The van der Waals surface area contributed by atoms with Crippen molar-refractivity contribution in [1.82, 2.24) is 15.2 Å². The van der Waals surface area contributed by atoms with E-state index >= 15 is 0 Å². The lowest BCUT2D eigenvalue weighted by Crippen LogP contribution is -2.03. The topological polar surface area (TPSA) is 70.7 Å². The zero-order valence-electron chi connectivity index (χ0n) is 15.7. The van der Waals surface area contributed by atoms with Crippen LogP contribution in [0.4, 0.5) is 24.8 Å². The number of hydrogen-bond acceptors (Lipinski definition) is 4. The summed E-state index contributed by atoms with van der Waals surface area (Å²) in [6.45, 7) is 0. The lowest BCUT2D eigenvalue weighted by Gasteiger charge is -2.07. The van der Waals surface area contributed by atoms with E-state index in [1.54, 1.807) is 36.4 Å². The molecule has 0 radical (unpaired) electrons. The molecular formula is C21H14ClF3N4OS. The average Bonchev–Trinajstić information content (AvgIpc) is 3.21. The van der Waals surface area contributed by atoms with Crippen LogP contribution in [0.3, 0.4) is 0 Å². The maximum absolute atomic E-state index is 12.8. The Morgan fingerprint density at radius 1 is 0.903 bits per heavy atom. The summed E-state index contributed by atoms with van der Waals surface area (Å²) in [5.41, 5.74) is 0.334. The van der Waals surface area contributed by atoms with Crippen LogP contribution in [-0.2, 0) is 17.0 Å². The molecule has 0 aliphatic carbocycles. The van der Waals surface area contributed by atoms with Crippen molar-refractivity contribution in [3.8, 4) is 11.3 Å². The fourth-order valence-electron chi connectivity index (χ4n) is 2.83. The third kappa shape index (κ3) is 4.95. The molecule has 0 fully saturated rings. The molecule has 2 aromatic carbocycles. The molecule has 0 aliphatic rings. The number of alkyl halides is 3. The highest BCUT2D eigenvalue weighted by Gasteiger charge is 2.30. The van der Waals surface area contributed by atoms with Gasteiger partial charge in [-0.2, -0.15) is 18.3 Å². The summed E-state index contributed by atoms with van der Waals surface area (Å²) >= 11 is 6.09. The van der Waals surface area contributed by atoms with Gasteiger partial charge in [0.25, 0.3) is 0 Å². The first-order valence-electron chi connectivity index (χ1n) is 8.94. The normalized spacial score (nSPS) is 12.5. The van der Waals surface area contributed by atoms with Crippen molar-refractivity contribution >= 4 is 34.0 Å².